The van der Waals surface area contributed by atoms with Crippen LogP contribution in [0.25, 0.3) is 0 Å². The maximum Gasteiger partial charge on any atom is 0.278 e. The second-order valence-electron chi connectivity index (χ2n) is 3.03. The fraction of sp³-hybridized carbons (Fsp3) is 0.750. The summed E-state index contributed by atoms with van der Waals surface area (Å²) in [4.78, 5) is 22.2. The van der Waals surface area contributed by atoms with Crippen molar-refractivity contribution in [3.63, 3.8) is 0 Å². The van der Waals surface area contributed by atoms with E-state index in [4.69, 9.17) is 5.73 Å². The molecule has 0 fully saturated rings. The lowest BCUT2D eigenvalue weighted by atomic mass is 10.2. The first-order valence-electron chi connectivity index (χ1n) is 4.33. The van der Waals surface area contributed by atoms with Crippen LogP contribution in [0, 0.1) is 0 Å². The summed E-state index contributed by atoms with van der Waals surface area (Å²) in [5.74, 6) is -0.271. The van der Waals surface area contributed by atoms with Gasteiger partial charge in [-0.3, -0.25) is 9.59 Å². The van der Waals surface area contributed by atoms with Crippen molar-refractivity contribution in [2.45, 2.75) is 25.9 Å². The Kier molecular flexibility index (Phi) is 5.25. The molecule has 0 rings (SSSR count). The highest BCUT2D eigenvalue weighted by molar-refractivity contribution is 5.88. The van der Waals surface area contributed by atoms with Crippen LogP contribution < -0.4 is 16.4 Å². The topological polar surface area (TPSA) is 88.8 Å². The molecule has 5 heteroatoms. The van der Waals surface area contributed by atoms with Gasteiger partial charge in [-0.15, -0.1) is 0 Å². The van der Waals surface area contributed by atoms with E-state index < -0.39 is 6.04 Å². The fourth-order valence-corrected chi connectivity index (χ4v) is 0.781. The first-order valence-corrected chi connectivity index (χ1v) is 4.33. The van der Waals surface area contributed by atoms with Gasteiger partial charge < -0.3 is 16.4 Å². The van der Waals surface area contributed by atoms with E-state index in [-0.39, 0.29) is 24.3 Å². The SMILES string of the molecule is C[NH2+]C(C)C(=O)NC(CN)C(C)=O. The van der Waals surface area contributed by atoms with Crippen molar-refractivity contribution in [1.82, 2.24) is 5.32 Å². The minimum absolute atomic E-state index is 0.112. The number of rotatable bonds is 5. The molecule has 0 radical (unpaired) electrons. The van der Waals surface area contributed by atoms with Gasteiger partial charge in [0.2, 0.25) is 0 Å². The monoisotopic (exact) mass is 188 g/mol. The smallest absolute Gasteiger partial charge is 0.278 e. The van der Waals surface area contributed by atoms with Crippen molar-refractivity contribution in [3.8, 4) is 0 Å². The number of carbonyl (C=O) groups is 2. The van der Waals surface area contributed by atoms with E-state index in [1.807, 2.05) is 0 Å². The van der Waals surface area contributed by atoms with Crippen molar-refractivity contribution in [2.24, 2.45) is 5.73 Å². The molecular formula is C8H18N3O2+. The van der Waals surface area contributed by atoms with Gasteiger partial charge >= 0.3 is 0 Å². The standard InChI is InChI=1S/C8H17N3O2/c1-5(10-3)8(13)11-7(4-9)6(2)12/h5,7,10H,4,9H2,1-3H3,(H,11,13)/p+1. The van der Waals surface area contributed by atoms with Gasteiger partial charge in [0.15, 0.2) is 11.8 Å². The Morgan fingerprint density at radius 2 is 2.08 bits per heavy atom. The molecule has 0 saturated carbocycles. The highest BCUT2D eigenvalue weighted by atomic mass is 16.2. The lowest BCUT2D eigenvalue weighted by Crippen LogP contribution is -2.88. The second kappa shape index (κ2) is 5.66. The van der Waals surface area contributed by atoms with Gasteiger partial charge in [0.25, 0.3) is 5.91 Å². The summed E-state index contributed by atoms with van der Waals surface area (Å²) in [6.45, 7) is 3.33. The number of hydrogen-bond acceptors (Lipinski definition) is 3. The average molecular weight is 188 g/mol. The minimum atomic E-state index is -0.546. The molecule has 0 aliphatic heterocycles. The summed E-state index contributed by atoms with van der Waals surface area (Å²) < 4.78 is 0. The molecule has 0 aliphatic rings. The van der Waals surface area contributed by atoms with Crippen molar-refractivity contribution >= 4 is 11.7 Å². The Hall–Kier alpha value is -0.940. The molecule has 0 aliphatic carbocycles. The van der Waals surface area contributed by atoms with Gasteiger partial charge in [0, 0.05) is 6.54 Å². The molecule has 2 atom stereocenters. The highest BCUT2D eigenvalue weighted by Gasteiger charge is 2.20. The number of amides is 1. The molecule has 0 spiro atoms. The molecule has 0 aromatic rings. The lowest BCUT2D eigenvalue weighted by Gasteiger charge is -2.15. The number of nitrogens with one attached hydrogen (secondary N) is 1. The van der Waals surface area contributed by atoms with E-state index in [2.05, 4.69) is 5.32 Å². The maximum atomic E-state index is 11.3. The highest BCUT2D eigenvalue weighted by Crippen LogP contribution is 1.84. The van der Waals surface area contributed by atoms with Crippen LogP contribution in [0.3, 0.4) is 0 Å². The maximum absolute atomic E-state index is 11.3. The first-order chi connectivity index (χ1) is 6.02. The predicted molar refractivity (Wildman–Crippen MR) is 49.0 cm³/mol. The van der Waals surface area contributed by atoms with E-state index in [1.54, 1.807) is 19.3 Å². The molecule has 2 unspecified atom stereocenters. The van der Waals surface area contributed by atoms with Crippen LogP contribution in [0.1, 0.15) is 13.8 Å². The van der Waals surface area contributed by atoms with Gasteiger partial charge in [0.05, 0.1) is 13.1 Å². The van der Waals surface area contributed by atoms with Gasteiger partial charge in [-0.2, -0.15) is 0 Å². The summed E-state index contributed by atoms with van der Waals surface area (Å²) >= 11 is 0. The number of nitrogens with two attached hydrogens (primary N) is 2. The van der Waals surface area contributed by atoms with Crippen LogP contribution in [0.2, 0.25) is 0 Å². The average Bonchev–Trinajstić information content (AvgIpc) is 2.11. The van der Waals surface area contributed by atoms with Gasteiger partial charge in [-0.1, -0.05) is 0 Å². The third-order valence-corrected chi connectivity index (χ3v) is 1.96. The third kappa shape index (κ3) is 4.00. The van der Waals surface area contributed by atoms with Crippen molar-refractivity contribution in [2.75, 3.05) is 13.6 Å². The number of carbonyl (C=O) groups excluding carboxylic acids is 2. The molecule has 0 aromatic carbocycles. The number of likely N-dealkylation sites (N-methyl/N-ethyl adjacent to an activating group) is 1. The first kappa shape index (κ1) is 12.1. The zero-order valence-electron chi connectivity index (χ0n) is 8.33. The molecule has 0 bridgehead atoms. The van der Waals surface area contributed by atoms with Gasteiger partial charge in [-0.25, -0.2) is 0 Å². The largest absolute Gasteiger partial charge is 0.340 e. The van der Waals surface area contributed by atoms with Crippen LogP contribution in [-0.4, -0.2) is 37.4 Å². The Balaban J connectivity index is 4.09. The second-order valence-corrected chi connectivity index (χ2v) is 3.03. The van der Waals surface area contributed by atoms with Crippen molar-refractivity contribution in [1.29, 1.82) is 0 Å². The number of quaternary nitrogens is 1. The Morgan fingerprint density at radius 1 is 1.54 bits per heavy atom. The normalized spacial score (nSPS) is 14.8. The van der Waals surface area contributed by atoms with E-state index in [0.717, 1.165) is 0 Å². The summed E-state index contributed by atoms with van der Waals surface area (Å²) in [5, 5.41) is 4.34. The Labute approximate surface area is 78.1 Å². The van der Waals surface area contributed by atoms with Gasteiger partial charge in [0.1, 0.15) is 0 Å². The molecule has 0 saturated heterocycles. The molecule has 5 nitrogen and oxygen atoms in total. The summed E-state index contributed by atoms with van der Waals surface area (Å²) in [6, 6.07) is -0.733. The van der Waals surface area contributed by atoms with Crippen LogP contribution in [0.15, 0.2) is 0 Å². The molecular weight excluding hydrogens is 170 g/mol. The van der Waals surface area contributed by atoms with Crippen LogP contribution >= 0.6 is 0 Å². The van der Waals surface area contributed by atoms with Crippen molar-refractivity contribution in [3.05, 3.63) is 0 Å². The van der Waals surface area contributed by atoms with E-state index in [1.165, 1.54) is 6.92 Å². The summed E-state index contributed by atoms with van der Waals surface area (Å²) in [5.41, 5.74) is 5.32. The van der Waals surface area contributed by atoms with E-state index in [9.17, 15) is 9.59 Å². The van der Waals surface area contributed by atoms with Gasteiger partial charge in [-0.05, 0) is 13.8 Å². The van der Waals surface area contributed by atoms with Crippen LogP contribution in [-0.2, 0) is 9.59 Å². The Morgan fingerprint density at radius 3 is 2.38 bits per heavy atom. The van der Waals surface area contributed by atoms with Crippen LogP contribution in [0.4, 0.5) is 0 Å². The minimum Gasteiger partial charge on any atom is -0.340 e. The van der Waals surface area contributed by atoms with E-state index in [0.29, 0.717) is 0 Å². The molecule has 0 aromatic heterocycles. The molecule has 1 amide bonds. The van der Waals surface area contributed by atoms with Crippen molar-refractivity contribution < 1.29 is 14.9 Å². The quantitative estimate of drug-likeness (QED) is 0.449. The molecule has 5 N–H and O–H groups in total. The summed E-state index contributed by atoms with van der Waals surface area (Å²) in [6.07, 6.45) is 0. The zero-order valence-corrected chi connectivity index (χ0v) is 8.33. The van der Waals surface area contributed by atoms with E-state index >= 15 is 0 Å². The Bertz CT molecular complexity index is 194. The molecule has 0 heterocycles. The predicted octanol–water partition coefficient (Wildman–Crippen LogP) is -2.40. The number of Topliss-reactive ketones (excluding diaryl/α,β-unsaturated/α-hetero) is 1. The zero-order chi connectivity index (χ0) is 10.4. The number of hydrogen-bond donors (Lipinski definition) is 3. The third-order valence-electron chi connectivity index (χ3n) is 1.96. The number of ketones is 1. The molecule has 76 valence electrons. The summed E-state index contributed by atoms with van der Waals surface area (Å²) in [7, 11) is 1.80. The molecule has 13 heavy (non-hydrogen) atoms. The van der Waals surface area contributed by atoms with Crippen LogP contribution in [0.5, 0.6) is 0 Å². The fourth-order valence-electron chi connectivity index (χ4n) is 0.781. The lowest BCUT2D eigenvalue weighted by molar-refractivity contribution is -0.646.